The highest BCUT2D eigenvalue weighted by molar-refractivity contribution is 6.30. The van der Waals surface area contributed by atoms with Crippen LogP contribution in [-0.2, 0) is 0 Å². The Labute approximate surface area is 122 Å². The number of nitrogens with zero attached hydrogens (tertiary/aromatic N) is 1. The van der Waals surface area contributed by atoms with Crippen LogP contribution in [0.25, 0.3) is 0 Å². The Morgan fingerprint density at radius 1 is 1.25 bits per heavy atom. The predicted molar refractivity (Wildman–Crippen MR) is 81.2 cm³/mol. The zero-order valence-corrected chi connectivity index (χ0v) is 11.8. The molecule has 104 valence electrons. The summed E-state index contributed by atoms with van der Waals surface area (Å²) in [6.45, 7) is 2.05. The van der Waals surface area contributed by atoms with Crippen molar-refractivity contribution in [2.75, 3.05) is 5.32 Å². The van der Waals surface area contributed by atoms with E-state index in [-0.39, 0.29) is 11.7 Å². The van der Waals surface area contributed by atoms with Crippen molar-refractivity contribution in [2.45, 2.75) is 19.4 Å². The first-order valence-corrected chi connectivity index (χ1v) is 6.74. The standard InChI is InChI=1S/C15H15ClN2O2/c1-2-15(11-5-3-6-12(16)9-11)17-13-7-4-8-14(10-13)18(19)20/h3-10,15,17H,2H2,1H3. The van der Waals surface area contributed by atoms with Gasteiger partial charge in [0, 0.05) is 22.8 Å². The Morgan fingerprint density at radius 3 is 2.65 bits per heavy atom. The molecule has 0 aromatic heterocycles. The number of benzene rings is 2. The predicted octanol–water partition coefficient (Wildman–Crippen LogP) is 4.81. The van der Waals surface area contributed by atoms with Gasteiger partial charge in [-0.2, -0.15) is 0 Å². The number of rotatable bonds is 5. The van der Waals surface area contributed by atoms with Crippen molar-refractivity contribution in [3.63, 3.8) is 0 Å². The van der Waals surface area contributed by atoms with Crippen LogP contribution in [0, 0.1) is 10.1 Å². The highest BCUT2D eigenvalue weighted by Crippen LogP contribution is 2.26. The molecule has 0 fully saturated rings. The first kappa shape index (κ1) is 14.3. The summed E-state index contributed by atoms with van der Waals surface area (Å²) in [6.07, 6.45) is 0.850. The fourth-order valence-corrected chi connectivity index (χ4v) is 2.25. The quantitative estimate of drug-likeness (QED) is 0.635. The van der Waals surface area contributed by atoms with E-state index in [2.05, 4.69) is 12.2 Å². The number of hydrogen-bond donors (Lipinski definition) is 1. The van der Waals surface area contributed by atoms with Crippen LogP contribution in [0.2, 0.25) is 5.02 Å². The molecule has 0 heterocycles. The second-order valence-electron chi connectivity index (χ2n) is 4.47. The molecule has 0 aliphatic rings. The van der Waals surface area contributed by atoms with Crippen molar-refractivity contribution in [1.82, 2.24) is 0 Å². The highest BCUT2D eigenvalue weighted by atomic mass is 35.5. The minimum Gasteiger partial charge on any atom is -0.378 e. The van der Waals surface area contributed by atoms with Gasteiger partial charge in [0.2, 0.25) is 0 Å². The maximum atomic E-state index is 10.8. The van der Waals surface area contributed by atoms with E-state index in [0.717, 1.165) is 17.7 Å². The lowest BCUT2D eigenvalue weighted by molar-refractivity contribution is -0.384. The number of nitro groups is 1. The number of non-ortho nitro benzene ring substituents is 1. The third kappa shape index (κ3) is 3.48. The highest BCUT2D eigenvalue weighted by Gasteiger charge is 2.11. The van der Waals surface area contributed by atoms with Crippen molar-refractivity contribution >= 4 is 23.0 Å². The summed E-state index contributed by atoms with van der Waals surface area (Å²) in [6, 6.07) is 14.2. The normalized spacial score (nSPS) is 11.9. The minimum atomic E-state index is -0.397. The molecule has 1 N–H and O–H groups in total. The Morgan fingerprint density at radius 2 is 2.00 bits per heavy atom. The molecule has 1 atom stereocenters. The second-order valence-corrected chi connectivity index (χ2v) is 4.90. The van der Waals surface area contributed by atoms with Crippen LogP contribution in [0.15, 0.2) is 48.5 Å². The average molecular weight is 291 g/mol. The molecule has 0 aliphatic heterocycles. The zero-order valence-electron chi connectivity index (χ0n) is 11.0. The fraction of sp³-hybridized carbons (Fsp3) is 0.200. The summed E-state index contributed by atoms with van der Waals surface area (Å²) >= 11 is 6.00. The van der Waals surface area contributed by atoms with Gasteiger partial charge in [-0.15, -0.1) is 0 Å². The maximum Gasteiger partial charge on any atom is 0.271 e. The molecule has 0 bridgehead atoms. The van der Waals surface area contributed by atoms with Crippen molar-refractivity contribution < 1.29 is 4.92 Å². The van der Waals surface area contributed by atoms with E-state index in [1.807, 2.05) is 30.3 Å². The monoisotopic (exact) mass is 290 g/mol. The number of anilines is 1. The van der Waals surface area contributed by atoms with E-state index in [1.165, 1.54) is 12.1 Å². The van der Waals surface area contributed by atoms with Gasteiger partial charge >= 0.3 is 0 Å². The van der Waals surface area contributed by atoms with Crippen molar-refractivity contribution in [3.05, 3.63) is 69.2 Å². The molecule has 0 radical (unpaired) electrons. The van der Waals surface area contributed by atoms with Crippen LogP contribution in [-0.4, -0.2) is 4.92 Å². The summed E-state index contributed by atoms with van der Waals surface area (Å²) < 4.78 is 0. The molecule has 1 unspecified atom stereocenters. The van der Waals surface area contributed by atoms with E-state index < -0.39 is 4.92 Å². The topological polar surface area (TPSA) is 55.2 Å². The summed E-state index contributed by atoms with van der Waals surface area (Å²) in [5.41, 5.74) is 1.87. The van der Waals surface area contributed by atoms with Crippen LogP contribution < -0.4 is 5.32 Å². The Kier molecular flexibility index (Phi) is 4.58. The van der Waals surface area contributed by atoms with Gasteiger partial charge in [0.1, 0.15) is 0 Å². The number of halogens is 1. The third-order valence-corrected chi connectivity index (χ3v) is 3.29. The molecule has 0 spiro atoms. The largest absolute Gasteiger partial charge is 0.378 e. The summed E-state index contributed by atoms with van der Waals surface area (Å²) in [5, 5.41) is 14.8. The molecule has 4 nitrogen and oxygen atoms in total. The zero-order chi connectivity index (χ0) is 14.5. The van der Waals surface area contributed by atoms with E-state index in [4.69, 9.17) is 11.6 Å². The summed E-state index contributed by atoms with van der Waals surface area (Å²) in [4.78, 5) is 10.4. The lowest BCUT2D eigenvalue weighted by atomic mass is 10.0. The Hall–Kier alpha value is -2.07. The molecule has 0 aliphatic carbocycles. The van der Waals surface area contributed by atoms with E-state index in [9.17, 15) is 10.1 Å². The van der Waals surface area contributed by atoms with Gasteiger partial charge in [0.25, 0.3) is 5.69 Å². The smallest absolute Gasteiger partial charge is 0.271 e. The number of hydrogen-bond acceptors (Lipinski definition) is 3. The van der Waals surface area contributed by atoms with Gasteiger partial charge in [0.05, 0.1) is 11.0 Å². The van der Waals surface area contributed by atoms with Gasteiger partial charge in [-0.1, -0.05) is 36.7 Å². The molecule has 20 heavy (non-hydrogen) atoms. The molecular formula is C15H15ClN2O2. The van der Waals surface area contributed by atoms with E-state index in [0.29, 0.717) is 5.02 Å². The molecule has 2 aromatic carbocycles. The van der Waals surface area contributed by atoms with E-state index >= 15 is 0 Å². The summed E-state index contributed by atoms with van der Waals surface area (Å²) in [7, 11) is 0. The molecule has 2 rings (SSSR count). The van der Waals surface area contributed by atoms with Crippen LogP contribution in [0.3, 0.4) is 0 Å². The van der Waals surface area contributed by atoms with Crippen molar-refractivity contribution in [2.24, 2.45) is 0 Å². The van der Waals surface area contributed by atoms with Crippen molar-refractivity contribution in [3.8, 4) is 0 Å². The molecular weight excluding hydrogens is 276 g/mol. The Bertz CT molecular complexity index is 616. The first-order chi connectivity index (χ1) is 9.60. The second kappa shape index (κ2) is 6.39. The van der Waals surface area contributed by atoms with Crippen LogP contribution >= 0.6 is 11.6 Å². The van der Waals surface area contributed by atoms with Gasteiger partial charge in [0.15, 0.2) is 0 Å². The molecule has 0 saturated carbocycles. The third-order valence-electron chi connectivity index (χ3n) is 3.06. The van der Waals surface area contributed by atoms with Crippen LogP contribution in [0.1, 0.15) is 24.9 Å². The van der Waals surface area contributed by atoms with Gasteiger partial charge < -0.3 is 5.32 Å². The Balaban J connectivity index is 2.22. The number of nitrogens with one attached hydrogen (secondary N) is 1. The van der Waals surface area contributed by atoms with Gasteiger partial charge in [-0.25, -0.2) is 0 Å². The SMILES string of the molecule is CCC(Nc1cccc([N+](=O)[O-])c1)c1cccc(Cl)c1. The maximum absolute atomic E-state index is 10.8. The number of nitro benzene ring substituents is 1. The summed E-state index contributed by atoms with van der Waals surface area (Å²) in [5.74, 6) is 0. The molecule has 0 saturated heterocycles. The average Bonchev–Trinajstić information content (AvgIpc) is 2.45. The van der Waals surface area contributed by atoms with Crippen LogP contribution in [0.5, 0.6) is 0 Å². The molecule has 5 heteroatoms. The van der Waals surface area contributed by atoms with Crippen molar-refractivity contribution in [1.29, 1.82) is 0 Å². The lowest BCUT2D eigenvalue weighted by Crippen LogP contribution is -2.09. The fourth-order valence-electron chi connectivity index (χ4n) is 2.05. The molecule has 2 aromatic rings. The lowest BCUT2D eigenvalue weighted by Gasteiger charge is -2.19. The van der Waals surface area contributed by atoms with Gasteiger partial charge in [-0.3, -0.25) is 10.1 Å². The van der Waals surface area contributed by atoms with Crippen LogP contribution in [0.4, 0.5) is 11.4 Å². The van der Waals surface area contributed by atoms with Gasteiger partial charge in [-0.05, 0) is 30.2 Å². The minimum absolute atomic E-state index is 0.0655. The van der Waals surface area contributed by atoms with E-state index in [1.54, 1.807) is 6.07 Å². The molecule has 0 amide bonds. The first-order valence-electron chi connectivity index (χ1n) is 6.36.